The molecule has 1 nitrogen and oxygen atoms in total. The van der Waals surface area contributed by atoms with Crippen molar-refractivity contribution < 1.29 is 4.79 Å². The molecule has 146 valence electrons. The highest BCUT2D eigenvalue weighted by atomic mass is 35.5. The van der Waals surface area contributed by atoms with Crippen LogP contribution in [0, 0.1) is 0 Å². The molecular formula is C24H25ClOS2. The maximum absolute atomic E-state index is 12.9. The zero-order valence-electron chi connectivity index (χ0n) is 16.7. The molecule has 1 aliphatic rings. The van der Waals surface area contributed by atoms with Crippen molar-refractivity contribution in [3.63, 3.8) is 0 Å². The highest BCUT2D eigenvalue weighted by Crippen LogP contribution is 2.59. The molecule has 0 heterocycles. The Labute approximate surface area is 181 Å². The summed E-state index contributed by atoms with van der Waals surface area (Å²) < 4.78 is 0. The van der Waals surface area contributed by atoms with Crippen molar-refractivity contribution in [2.75, 3.05) is 11.5 Å². The summed E-state index contributed by atoms with van der Waals surface area (Å²) in [4.78, 5) is 15.3. The number of carbonyl (C=O) groups is 1. The molecule has 0 fully saturated rings. The van der Waals surface area contributed by atoms with Gasteiger partial charge in [0.1, 0.15) is 0 Å². The van der Waals surface area contributed by atoms with Crippen LogP contribution < -0.4 is 0 Å². The van der Waals surface area contributed by atoms with Crippen molar-refractivity contribution in [2.45, 2.75) is 33.1 Å². The molecule has 1 unspecified atom stereocenters. The van der Waals surface area contributed by atoms with Gasteiger partial charge in [0, 0.05) is 26.0 Å². The quantitative estimate of drug-likeness (QED) is 0.458. The first-order valence-corrected chi connectivity index (χ1v) is 11.9. The van der Waals surface area contributed by atoms with Gasteiger partial charge in [0.15, 0.2) is 5.78 Å². The second kappa shape index (κ2) is 8.94. The highest BCUT2D eigenvalue weighted by Gasteiger charge is 2.46. The lowest BCUT2D eigenvalue weighted by Gasteiger charge is -2.32. The van der Waals surface area contributed by atoms with Crippen LogP contribution >= 0.6 is 35.1 Å². The van der Waals surface area contributed by atoms with E-state index in [1.54, 1.807) is 18.7 Å². The minimum Gasteiger partial charge on any atom is -0.294 e. The monoisotopic (exact) mass is 428 g/mol. The molecule has 3 rings (SSSR count). The molecule has 0 aromatic heterocycles. The lowest BCUT2D eigenvalue weighted by molar-refractivity contribution is -0.113. The van der Waals surface area contributed by atoms with Gasteiger partial charge < -0.3 is 0 Å². The van der Waals surface area contributed by atoms with Gasteiger partial charge in [-0.3, -0.25) is 4.79 Å². The number of thioether (sulfide) groups is 2. The standard InChI is InChI=1S/C24H25ClOS2/c1-5-27-22-20(16(3)26)21(17-11-8-7-9-12-17)23(28-6-2)24(22,4)18-13-10-14-19(25)15-18/h7-15H,5-6H2,1-4H3. The molecular weight excluding hydrogens is 404 g/mol. The van der Waals surface area contributed by atoms with Gasteiger partial charge in [0.05, 0.1) is 5.41 Å². The molecule has 4 heteroatoms. The van der Waals surface area contributed by atoms with Gasteiger partial charge in [-0.25, -0.2) is 0 Å². The summed E-state index contributed by atoms with van der Waals surface area (Å²) >= 11 is 9.98. The summed E-state index contributed by atoms with van der Waals surface area (Å²) in [5.41, 5.74) is 3.80. The third kappa shape index (κ3) is 3.72. The number of Topliss-reactive ketones (excluding diaryl/α,β-unsaturated/α-hetero) is 1. The topological polar surface area (TPSA) is 17.1 Å². The SMILES string of the molecule is CCSC1=C(C(C)=O)C(c2ccccc2)=C(SCC)C1(C)c1cccc(Cl)c1. The molecule has 0 aliphatic heterocycles. The average Bonchev–Trinajstić information content (AvgIpc) is 2.93. The minimum absolute atomic E-state index is 0.120. The van der Waals surface area contributed by atoms with Crippen LogP contribution in [0.5, 0.6) is 0 Å². The lowest BCUT2D eigenvalue weighted by atomic mass is 9.83. The van der Waals surface area contributed by atoms with Crippen LogP contribution in [0.1, 0.15) is 38.8 Å². The van der Waals surface area contributed by atoms with Crippen molar-refractivity contribution in [3.8, 4) is 0 Å². The molecule has 0 saturated carbocycles. The number of rotatable bonds is 7. The van der Waals surface area contributed by atoms with E-state index >= 15 is 0 Å². The molecule has 0 bridgehead atoms. The van der Waals surface area contributed by atoms with E-state index in [2.05, 4.69) is 39.0 Å². The third-order valence-corrected chi connectivity index (χ3v) is 7.62. The number of carbonyl (C=O) groups excluding carboxylic acids is 1. The van der Waals surface area contributed by atoms with Gasteiger partial charge in [-0.15, -0.1) is 23.5 Å². The summed E-state index contributed by atoms with van der Waals surface area (Å²) in [7, 11) is 0. The fourth-order valence-electron chi connectivity index (χ4n) is 3.83. The third-order valence-electron chi connectivity index (χ3n) is 5.01. The first kappa shape index (κ1) is 21.3. The van der Waals surface area contributed by atoms with Crippen LogP contribution in [0.3, 0.4) is 0 Å². The molecule has 2 aromatic carbocycles. The van der Waals surface area contributed by atoms with Gasteiger partial charge in [-0.1, -0.05) is 67.9 Å². The summed E-state index contributed by atoms with van der Waals surface area (Å²) in [6.07, 6.45) is 0. The van der Waals surface area contributed by atoms with E-state index in [1.807, 2.05) is 48.2 Å². The zero-order chi connectivity index (χ0) is 20.3. The summed E-state index contributed by atoms with van der Waals surface area (Å²) in [5.74, 6) is 1.97. The minimum atomic E-state index is -0.377. The Balaban J connectivity index is 2.40. The molecule has 1 aliphatic carbocycles. The molecule has 0 N–H and O–H groups in total. The zero-order valence-corrected chi connectivity index (χ0v) is 19.1. The smallest absolute Gasteiger partial charge is 0.161 e. The number of hydrogen-bond acceptors (Lipinski definition) is 3. The maximum Gasteiger partial charge on any atom is 0.161 e. The molecule has 1 atom stereocenters. The molecule has 0 saturated heterocycles. The first-order valence-electron chi connectivity index (χ1n) is 9.52. The fourth-order valence-corrected chi connectivity index (χ4v) is 6.43. The van der Waals surface area contributed by atoms with Crippen molar-refractivity contribution in [3.05, 3.63) is 86.1 Å². The number of ketones is 1. The van der Waals surface area contributed by atoms with Crippen molar-refractivity contribution in [1.29, 1.82) is 0 Å². The predicted molar refractivity (Wildman–Crippen MR) is 126 cm³/mol. The molecule has 0 radical (unpaired) electrons. The van der Waals surface area contributed by atoms with E-state index in [0.29, 0.717) is 0 Å². The predicted octanol–water partition coefficient (Wildman–Crippen LogP) is 7.37. The van der Waals surface area contributed by atoms with E-state index in [-0.39, 0.29) is 11.2 Å². The Kier molecular flexibility index (Phi) is 6.80. The van der Waals surface area contributed by atoms with Crippen molar-refractivity contribution in [2.24, 2.45) is 0 Å². The second-order valence-electron chi connectivity index (χ2n) is 6.83. The Hall–Kier alpha value is -1.42. The largest absolute Gasteiger partial charge is 0.294 e. The van der Waals surface area contributed by atoms with E-state index in [1.165, 1.54) is 4.91 Å². The summed E-state index contributed by atoms with van der Waals surface area (Å²) in [6, 6.07) is 18.4. The normalized spacial score (nSPS) is 19.5. The molecule has 0 spiro atoms. The Morgan fingerprint density at radius 1 is 0.964 bits per heavy atom. The Bertz CT molecular complexity index is 946. The van der Waals surface area contributed by atoms with Gasteiger partial charge >= 0.3 is 0 Å². The van der Waals surface area contributed by atoms with Crippen LogP contribution in [0.25, 0.3) is 5.57 Å². The lowest BCUT2D eigenvalue weighted by Crippen LogP contribution is -2.23. The van der Waals surface area contributed by atoms with Gasteiger partial charge in [-0.2, -0.15) is 0 Å². The highest BCUT2D eigenvalue weighted by molar-refractivity contribution is 8.04. The van der Waals surface area contributed by atoms with Crippen LogP contribution in [-0.4, -0.2) is 17.3 Å². The number of benzene rings is 2. The van der Waals surface area contributed by atoms with Crippen LogP contribution in [0.15, 0.2) is 70.0 Å². The van der Waals surface area contributed by atoms with Gasteiger partial charge in [-0.05, 0) is 48.6 Å². The summed E-state index contributed by atoms with van der Waals surface area (Å²) in [6.45, 7) is 8.23. The van der Waals surface area contributed by atoms with E-state index in [9.17, 15) is 4.79 Å². The molecule has 0 amide bonds. The number of halogens is 1. The van der Waals surface area contributed by atoms with Crippen LogP contribution in [-0.2, 0) is 10.2 Å². The van der Waals surface area contributed by atoms with Gasteiger partial charge in [0.25, 0.3) is 0 Å². The van der Waals surface area contributed by atoms with E-state index in [0.717, 1.165) is 43.7 Å². The maximum atomic E-state index is 12.9. The first-order chi connectivity index (χ1) is 13.4. The van der Waals surface area contributed by atoms with Crippen LogP contribution in [0.4, 0.5) is 0 Å². The van der Waals surface area contributed by atoms with E-state index in [4.69, 9.17) is 11.6 Å². The second-order valence-corrected chi connectivity index (χ2v) is 9.82. The Morgan fingerprint density at radius 2 is 1.61 bits per heavy atom. The number of hydrogen-bond donors (Lipinski definition) is 0. The average molecular weight is 429 g/mol. The summed E-state index contributed by atoms with van der Waals surface area (Å²) in [5, 5.41) is 0.720. The molecule has 28 heavy (non-hydrogen) atoms. The van der Waals surface area contributed by atoms with Crippen molar-refractivity contribution >= 4 is 46.5 Å². The fraction of sp³-hybridized carbons (Fsp3) is 0.292. The number of allylic oxidation sites excluding steroid dienone is 4. The van der Waals surface area contributed by atoms with E-state index < -0.39 is 0 Å². The van der Waals surface area contributed by atoms with Crippen LogP contribution in [0.2, 0.25) is 5.02 Å². The van der Waals surface area contributed by atoms with Crippen molar-refractivity contribution in [1.82, 2.24) is 0 Å². The molecule has 2 aromatic rings. The van der Waals surface area contributed by atoms with Gasteiger partial charge in [0.2, 0.25) is 0 Å². The Morgan fingerprint density at radius 3 is 2.18 bits per heavy atom.